The Kier molecular flexibility index (Phi) is 5.67. The van der Waals surface area contributed by atoms with Crippen molar-refractivity contribution in [3.8, 4) is 0 Å². The molecule has 0 radical (unpaired) electrons. The maximum atomic E-state index is 5.52. The zero-order valence-electron chi connectivity index (χ0n) is 11.5. The molecule has 3 heteroatoms. The number of nitrogens with one attached hydrogen (secondary N) is 1. The lowest BCUT2D eigenvalue weighted by Gasteiger charge is -2.27. The van der Waals surface area contributed by atoms with E-state index in [1.54, 1.807) is 0 Å². The van der Waals surface area contributed by atoms with Crippen molar-refractivity contribution in [3.05, 3.63) is 22.4 Å². The van der Waals surface area contributed by atoms with Crippen LogP contribution in [0.25, 0.3) is 0 Å². The summed E-state index contributed by atoms with van der Waals surface area (Å²) in [6.07, 6.45) is 5.54. The second-order valence-electron chi connectivity index (χ2n) is 5.26. The molecule has 2 unspecified atom stereocenters. The third kappa shape index (κ3) is 3.81. The lowest BCUT2D eigenvalue weighted by Crippen LogP contribution is -2.36. The van der Waals surface area contributed by atoms with Gasteiger partial charge in [-0.15, -0.1) is 11.3 Å². The number of hydrogen-bond acceptors (Lipinski definition) is 3. The highest BCUT2D eigenvalue weighted by atomic mass is 32.1. The number of hydrogen-bond donors (Lipinski definition) is 1. The summed E-state index contributed by atoms with van der Waals surface area (Å²) in [5.41, 5.74) is 0. The average Bonchev–Trinajstić information content (AvgIpc) is 3.05. The monoisotopic (exact) mass is 267 g/mol. The van der Waals surface area contributed by atoms with Crippen LogP contribution in [0.3, 0.4) is 0 Å². The Hall–Kier alpha value is -0.380. The van der Waals surface area contributed by atoms with Gasteiger partial charge in [-0.05, 0) is 44.1 Å². The highest BCUT2D eigenvalue weighted by Gasteiger charge is 2.27. The Morgan fingerprint density at radius 3 is 2.83 bits per heavy atom. The Bertz CT molecular complexity index is 319. The molecule has 2 rings (SSSR count). The van der Waals surface area contributed by atoms with Gasteiger partial charge in [0.25, 0.3) is 0 Å². The molecular weight excluding hydrogens is 242 g/mol. The summed E-state index contributed by atoms with van der Waals surface area (Å²) >= 11 is 1.88. The van der Waals surface area contributed by atoms with Crippen LogP contribution in [0.4, 0.5) is 0 Å². The van der Waals surface area contributed by atoms with Gasteiger partial charge in [-0.25, -0.2) is 0 Å². The fraction of sp³-hybridized carbons (Fsp3) is 0.733. The Morgan fingerprint density at radius 1 is 1.44 bits per heavy atom. The highest BCUT2D eigenvalue weighted by Crippen LogP contribution is 2.37. The van der Waals surface area contributed by atoms with E-state index in [0.29, 0.717) is 12.1 Å². The molecule has 1 fully saturated rings. The smallest absolute Gasteiger partial charge is 0.0616 e. The average molecular weight is 267 g/mol. The van der Waals surface area contributed by atoms with Crippen molar-refractivity contribution in [3.63, 3.8) is 0 Å². The van der Waals surface area contributed by atoms with E-state index in [1.165, 1.54) is 30.6 Å². The molecular formula is C15H25NOS. The van der Waals surface area contributed by atoms with Gasteiger partial charge in [0.05, 0.1) is 6.61 Å². The Labute approximate surface area is 115 Å². The van der Waals surface area contributed by atoms with Crippen molar-refractivity contribution in [2.75, 3.05) is 13.2 Å². The summed E-state index contributed by atoms with van der Waals surface area (Å²) in [7, 11) is 0. The number of thiophene rings is 1. The van der Waals surface area contributed by atoms with Crippen LogP contribution >= 0.6 is 11.3 Å². The van der Waals surface area contributed by atoms with Crippen LogP contribution in [0.2, 0.25) is 0 Å². The van der Waals surface area contributed by atoms with Gasteiger partial charge in [-0.2, -0.15) is 0 Å². The molecule has 0 spiro atoms. The normalized spacial score (nSPS) is 20.1. The minimum atomic E-state index is 0.428. The summed E-state index contributed by atoms with van der Waals surface area (Å²) < 4.78 is 5.52. The summed E-state index contributed by atoms with van der Waals surface area (Å²) in [6, 6.07) is 5.39. The van der Waals surface area contributed by atoms with E-state index in [4.69, 9.17) is 4.74 Å². The van der Waals surface area contributed by atoms with Crippen LogP contribution in [-0.4, -0.2) is 19.3 Å². The van der Waals surface area contributed by atoms with Crippen LogP contribution in [0.15, 0.2) is 17.5 Å². The van der Waals surface area contributed by atoms with Gasteiger partial charge in [0.2, 0.25) is 0 Å². The van der Waals surface area contributed by atoms with Crippen molar-refractivity contribution in [2.24, 2.45) is 5.92 Å². The van der Waals surface area contributed by atoms with Crippen molar-refractivity contribution in [2.45, 2.75) is 51.6 Å². The summed E-state index contributed by atoms with van der Waals surface area (Å²) in [5.74, 6) is 0.813. The minimum absolute atomic E-state index is 0.428. The molecule has 1 N–H and O–H groups in total. The van der Waals surface area contributed by atoms with E-state index in [9.17, 15) is 0 Å². The second kappa shape index (κ2) is 7.27. The molecule has 102 valence electrons. The molecule has 1 aliphatic carbocycles. The van der Waals surface area contributed by atoms with Crippen molar-refractivity contribution < 1.29 is 4.74 Å². The van der Waals surface area contributed by atoms with E-state index >= 15 is 0 Å². The molecule has 1 saturated carbocycles. The SMILES string of the molecule is CCOCC(C)NC(c1cccs1)C1CCCC1. The fourth-order valence-corrected chi connectivity index (χ4v) is 3.74. The van der Waals surface area contributed by atoms with E-state index in [0.717, 1.165) is 19.1 Å². The molecule has 1 heterocycles. The fourth-order valence-electron chi connectivity index (χ4n) is 2.86. The lowest BCUT2D eigenvalue weighted by atomic mass is 9.96. The molecule has 0 amide bonds. The van der Waals surface area contributed by atoms with Gasteiger partial charge in [-0.1, -0.05) is 18.9 Å². The third-order valence-corrected chi connectivity index (χ3v) is 4.71. The molecule has 0 aromatic carbocycles. The zero-order chi connectivity index (χ0) is 12.8. The van der Waals surface area contributed by atoms with Crippen LogP contribution in [0.1, 0.15) is 50.4 Å². The van der Waals surface area contributed by atoms with E-state index < -0.39 is 0 Å². The van der Waals surface area contributed by atoms with Gasteiger partial charge < -0.3 is 10.1 Å². The summed E-state index contributed by atoms with van der Waals surface area (Å²) in [6.45, 7) is 5.90. The molecule has 0 bridgehead atoms. The van der Waals surface area contributed by atoms with Crippen LogP contribution in [0.5, 0.6) is 0 Å². The third-order valence-electron chi connectivity index (χ3n) is 3.76. The highest BCUT2D eigenvalue weighted by molar-refractivity contribution is 7.10. The van der Waals surface area contributed by atoms with E-state index in [1.807, 2.05) is 11.3 Å². The molecule has 18 heavy (non-hydrogen) atoms. The molecule has 1 aromatic rings. The van der Waals surface area contributed by atoms with E-state index in [-0.39, 0.29) is 0 Å². The van der Waals surface area contributed by atoms with Gasteiger partial charge >= 0.3 is 0 Å². The largest absolute Gasteiger partial charge is 0.380 e. The Balaban J connectivity index is 1.96. The topological polar surface area (TPSA) is 21.3 Å². The predicted molar refractivity (Wildman–Crippen MR) is 78.1 cm³/mol. The van der Waals surface area contributed by atoms with Crippen molar-refractivity contribution in [1.82, 2.24) is 5.32 Å². The molecule has 2 nitrogen and oxygen atoms in total. The molecule has 0 aliphatic heterocycles. The first kappa shape index (κ1) is 14.0. The summed E-state index contributed by atoms with van der Waals surface area (Å²) in [4.78, 5) is 1.49. The molecule has 1 aliphatic rings. The van der Waals surface area contributed by atoms with Crippen molar-refractivity contribution in [1.29, 1.82) is 0 Å². The first-order valence-electron chi connectivity index (χ1n) is 7.18. The molecule has 0 saturated heterocycles. The predicted octanol–water partition coefficient (Wildman–Crippen LogP) is 3.99. The zero-order valence-corrected chi connectivity index (χ0v) is 12.3. The van der Waals surface area contributed by atoms with Crippen LogP contribution < -0.4 is 5.32 Å². The number of rotatable bonds is 7. The van der Waals surface area contributed by atoms with E-state index in [2.05, 4.69) is 36.7 Å². The lowest BCUT2D eigenvalue weighted by molar-refractivity contribution is 0.119. The van der Waals surface area contributed by atoms with Gasteiger partial charge in [0.1, 0.15) is 0 Å². The van der Waals surface area contributed by atoms with Gasteiger partial charge in [0.15, 0.2) is 0 Å². The quantitative estimate of drug-likeness (QED) is 0.806. The van der Waals surface area contributed by atoms with Crippen molar-refractivity contribution >= 4 is 11.3 Å². The van der Waals surface area contributed by atoms with Crippen LogP contribution in [-0.2, 0) is 4.74 Å². The number of ether oxygens (including phenoxy) is 1. The maximum Gasteiger partial charge on any atom is 0.0616 e. The molecule has 2 atom stereocenters. The van der Waals surface area contributed by atoms with Gasteiger partial charge in [-0.3, -0.25) is 0 Å². The standard InChI is InChI=1S/C15H25NOS/c1-3-17-11-12(2)16-15(13-7-4-5-8-13)14-9-6-10-18-14/h6,9-10,12-13,15-16H,3-5,7-8,11H2,1-2H3. The first-order chi connectivity index (χ1) is 8.81. The van der Waals surface area contributed by atoms with Gasteiger partial charge in [0, 0.05) is 23.6 Å². The summed E-state index contributed by atoms with van der Waals surface area (Å²) in [5, 5.41) is 5.97. The maximum absolute atomic E-state index is 5.52. The minimum Gasteiger partial charge on any atom is -0.380 e. The first-order valence-corrected chi connectivity index (χ1v) is 8.06. The molecule has 1 aromatic heterocycles. The second-order valence-corrected chi connectivity index (χ2v) is 6.24. The van der Waals surface area contributed by atoms with Crippen LogP contribution in [0, 0.1) is 5.92 Å². The Morgan fingerprint density at radius 2 is 2.22 bits per heavy atom.